The van der Waals surface area contributed by atoms with Gasteiger partial charge in [-0.3, -0.25) is 4.79 Å². The van der Waals surface area contributed by atoms with Crippen LogP contribution in [0.15, 0.2) is 0 Å². The van der Waals surface area contributed by atoms with E-state index in [4.69, 9.17) is 0 Å². The summed E-state index contributed by atoms with van der Waals surface area (Å²) in [5.41, 5.74) is 0. The van der Waals surface area contributed by atoms with E-state index in [9.17, 15) is 4.79 Å². The molecular weight excluding hydrogens is 200 g/mol. The Morgan fingerprint density at radius 2 is 2.00 bits per heavy atom. The van der Waals surface area contributed by atoms with Gasteiger partial charge in [0, 0.05) is 19.0 Å². The van der Waals surface area contributed by atoms with Crippen molar-refractivity contribution in [3.63, 3.8) is 0 Å². The molecule has 1 fully saturated rings. The number of amides is 1. The highest BCUT2D eigenvalue weighted by Gasteiger charge is 2.08. The average Bonchev–Trinajstić information content (AvgIpc) is 2.25. The Morgan fingerprint density at radius 3 is 2.62 bits per heavy atom. The van der Waals surface area contributed by atoms with Crippen LogP contribution in [0, 0.1) is 11.8 Å². The van der Waals surface area contributed by atoms with Crippen LogP contribution in [0.25, 0.3) is 0 Å². The summed E-state index contributed by atoms with van der Waals surface area (Å²) in [5.74, 6) is 5.40. The summed E-state index contributed by atoms with van der Waals surface area (Å²) in [6, 6.07) is 0.170. The SMILES string of the molecule is CC(C)NC(=O)C#CCCN1CCCCC1. The fourth-order valence-electron chi connectivity index (χ4n) is 1.84. The fraction of sp³-hybridized carbons (Fsp3) is 0.769. The largest absolute Gasteiger partial charge is 0.343 e. The van der Waals surface area contributed by atoms with Gasteiger partial charge in [0.25, 0.3) is 5.91 Å². The Labute approximate surface area is 98.6 Å². The molecule has 0 atom stereocenters. The Bertz CT molecular complexity index is 269. The minimum absolute atomic E-state index is 0.159. The zero-order chi connectivity index (χ0) is 11.8. The number of carbonyl (C=O) groups excluding carboxylic acids is 1. The van der Waals surface area contributed by atoms with Crippen LogP contribution in [-0.4, -0.2) is 36.5 Å². The first-order chi connectivity index (χ1) is 7.68. The van der Waals surface area contributed by atoms with Gasteiger partial charge >= 0.3 is 0 Å². The minimum atomic E-state index is -0.159. The minimum Gasteiger partial charge on any atom is -0.343 e. The van der Waals surface area contributed by atoms with Crippen molar-refractivity contribution in [2.24, 2.45) is 0 Å². The average molecular weight is 222 g/mol. The maximum Gasteiger partial charge on any atom is 0.296 e. The van der Waals surface area contributed by atoms with Crippen LogP contribution in [0.4, 0.5) is 0 Å². The monoisotopic (exact) mass is 222 g/mol. The van der Waals surface area contributed by atoms with Crippen LogP contribution in [0.3, 0.4) is 0 Å². The predicted molar refractivity (Wildman–Crippen MR) is 66.0 cm³/mol. The van der Waals surface area contributed by atoms with Crippen LogP contribution in [0.1, 0.15) is 39.5 Å². The lowest BCUT2D eigenvalue weighted by Crippen LogP contribution is -2.30. The molecule has 3 nitrogen and oxygen atoms in total. The van der Waals surface area contributed by atoms with Crippen LogP contribution < -0.4 is 5.32 Å². The summed E-state index contributed by atoms with van der Waals surface area (Å²) < 4.78 is 0. The molecule has 90 valence electrons. The fourth-order valence-corrected chi connectivity index (χ4v) is 1.84. The normalized spacial score (nSPS) is 16.7. The molecule has 0 aromatic carbocycles. The number of carbonyl (C=O) groups is 1. The van der Waals surface area contributed by atoms with E-state index >= 15 is 0 Å². The second-order valence-electron chi connectivity index (χ2n) is 4.58. The zero-order valence-electron chi connectivity index (χ0n) is 10.4. The van der Waals surface area contributed by atoms with Crippen molar-refractivity contribution in [1.29, 1.82) is 0 Å². The Balaban J connectivity index is 2.13. The van der Waals surface area contributed by atoms with E-state index < -0.39 is 0 Å². The van der Waals surface area contributed by atoms with Gasteiger partial charge in [-0.25, -0.2) is 0 Å². The molecule has 0 aromatic rings. The van der Waals surface area contributed by atoms with Gasteiger partial charge < -0.3 is 10.2 Å². The first kappa shape index (κ1) is 13.1. The summed E-state index contributed by atoms with van der Waals surface area (Å²) in [6.45, 7) is 7.27. The second kappa shape index (κ2) is 7.29. The van der Waals surface area contributed by atoms with Gasteiger partial charge in [0.05, 0.1) is 0 Å². The van der Waals surface area contributed by atoms with E-state index in [-0.39, 0.29) is 11.9 Å². The van der Waals surface area contributed by atoms with E-state index in [0.29, 0.717) is 0 Å². The summed E-state index contributed by atoms with van der Waals surface area (Å²) >= 11 is 0. The first-order valence-corrected chi connectivity index (χ1v) is 6.20. The van der Waals surface area contributed by atoms with Gasteiger partial charge in [-0.05, 0) is 45.7 Å². The van der Waals surface area contributed by atoms with Crippen molar-refractivity contribution in [1.82, 2.24) is 10.2 Å². The van der Waals surface area contributed by atoms with E-state index in [1.165, 1.54) is 32.4 Å². The van der Waals surface area contributed by atoms with Gasteiger partial charge in [-0.1, -0.05) is 12.3 Å². The maximum atomic E-state index is 11.2. The van der Waals surface area contributed by atoms with E-state index in [1.54, 1.807) is 0 Å². The third kappa shape index (κ3) is 5.77. The molecule has 0 radical (unpaired) electrons. The number of piperidine rings is 1. The van der Waals surface area contributed by atoms with Crippen molar-refractivity contribution in [3.8, 4) is 11.8 Å². The van der Waals surface area contributed by atoms with E-state index in [1.807, 2.05) is 13.8 Å². The Hall–Kier alpha value is -1.01. The highest BCUT2D eigenvalue weighted by molar-refractivity contribution is 5.93. The molecule has 0 aliphatic carbocycles. The third-order valence-electron chi connectivity index (χ3n) is 2.62. The molecule has 0 spiro atoms. The molecule has 1 rings (SSSR count). The molecule has 1 saturated heterocycles. The van der Waals surface area contributed by atoms with Crippen molar-refractivity contribution in [2.75, 3.05) is 19.6 Å². The first-order valence-electron chi connectivity index (χ1n) is 6.20. The molecule has 1 aliphatic rings. The molecule has 1 amide bonds. The van der Waals surface area contributed by atoms with Gasteiger partial charge in [0.2, 0.25) is 0 Å². The smallest absolute Gasteiger partial charge is 0.296 e. The predicted octanol–water partition coefficient (Wildman–Crippen LogP) is 1.39. The molecule has 3 heteroatoms. The number of hydrogen-bond acceptors (Lipinski definition) is 2. The van der Waals surface area contributed by atoms with Gasteiger partial charge in [-0.2, -0.15) is 0 Å². The molecule has 1 aliphatic heterocycles. The molecule has 1 N–H and O–H groups in total. The maximum absolute atomic E-state index is 11.2. The van der Waals surface area contributed by atoms with Crippen LogP contribution in [-0.2, 0) is 4.79 Å². The number of nitrogens with zero attached hydrogens (tertiary/aromatic N) is 1. The topological polar surface area (TPSA) is 32.3 Å². The quantitative estimate of drug-likeness (QED) is 0.732. The highest BCUT2D eigenvalue weighted by Crippen LogP contribution is 2.08. The summed E-state index contributed by atoms with van der Waals surface area (Å²) in [4.78, 5) is 13.6. The lowest BCUT2D eigenvalue weighted by molar-refractivity contribution is -0.116. The summed E-state index contributed by atoms with van der Waals surface area (Å²) in [7, 11) is 0. The molecule has 0 bridgehead atoms. The van der Waals surface area contributed by atoms with Crippen LogP contribution >= 0.6 is 0 Å². The van der Waals surface area contributed by atoms with Gasteiger partial charge in [0.15, 0.2) is 0 Å². The number of likely N-dealkylation sites (tertiary alicyclic amines) is 1. The summed E-state index contributed by atoms with van der Waals surface area (Å²) in [5, 5.41) is 2.76. The lowest BCUT2D eigenvalue weighted by atomic mass is 10.1. The van der Waals surface area contributed by atoms with E-state index in [0.717, 1.165) is 13.0 Å². The molecule has 0 saturated carbocycles. The van der Waals surface area contributed by atoms with E-state index in [2.05, 4.69) is 22.1 Å². The van der Waals surface area contributed by atoms with Crippen molar-refractivity contribution in [2.45, 2.75) is 45.6 Å². The third-order valence-corrected chi connectivity index (χ3v) is 2.62. The second-order valence-corrected chi connectivity index (χ2v) is 4.58. The van der Waals surface area contributed by atoms with Crippen LogP contribution in [0.2, 0.25) is 0 Å². The zero-order valence-corrected chi connectivity index (χ0v) is 10.4. The highest BCUT2D eigenvalue weighted by atomic mass is 16.1. The van der Waals surface area contributed by atoms with Crippen LogP contribution in [0.5, 0.6) is 0 Å². The summed E-state index contributed by atoms with van der Waals surface area (Å²) in [6.07, 6.45) is 4.77. The molecule has 16 heavy (non-hydrogen) atoms. The van der Waals surface area contributed by atoms with Crippen molar-refractivity contribution < 1.29 is 4.79 Å². The lowest BCUT2D eigenvalue weighted by Gasteiger charge is -2.25. The number of nitrogens with one attached hydrogen (secondary N) is 1. The van der Waals surface area contributed by atoms with Gasteiger partial charge in [-0.15, -0.1) is 0 Å². The molecule has 0 aromatic heterocycles. The standard InChI is InChI=1S/C13H22N2O/c1-12(2)14-13(16)8-4-7-11-15-9-5-3-6-10-15/h12H,3,5-7,9-11H2,1-2H3,(H,14,16). The number of hydrogen-bond donors (Lipinski definition) is 1. The van der Waals surface area contributed by atoms with Crippen molar-refractivity contribution in [3.05, 3.63) is 0 Å². The van der Waals surface area contributed by atoms with Crippen molar-refractivity contribution >= 4 is 5.91 Å². The van der Waals surface area contributed by atoms with Gasteiger partial charge in [0.1, 0.15) is 0 Å². The Kier molecular flexibility index (Phi) is 5.95. The molecule has 1 heterocycles. The Morgan fingerprint density at radius 1 is 1.31 bits per heavy atom. The molecule has 0 unspecified atom stereocenters. The number of rotatable bonds is 3. The molecular formula is C13H22N2O.